The summed E-state index contributed by atoms with van der Waals surface area (Å²) in [6.45, 7) is 22.3. The van der Waals surface area contributed by atoms with Gasteiger partial charge in [-0.1, -0.05) is 0 Å². The Morgan fingerprint density at radius 3 is 1.59 bits per heavy atom. The number of hydrogen-bond donors (Lipinski definition) is 0. The van der Waals surface area contributed by atoms with E-state index in [1.54, 1.807) is 0 Å². The zero-order chi connectivity index (χ0) is 17.0. The molecule has 0 saturated carbocycles. The average Bonchev–Trinajstić information content (AvgIpc) is 2.68. The molecule has 0 amide bonds. The van der Waals surface area contributed by atoms with Gasteiger partial charge in [-0.2, -0.15) is 0 Å². The summed E-state index contributed by atoms with van der Waals surface area (Å²) in [6, 6.07) is 11.2. The molecule has 0 aliphatic rings. The van der Waals surface area contributed by atoms with Gasteiger partial charge in [-0.05, 0) is 0 Å². The average molecular weight is 406 g/mol. The molecule has 2 aromatic rings. The molecule has 0 bridgehead atoms. The monoisotopic (exact) mass is 407 g/mol. The van der Waals surface area contributed by atoms with E-state index in [0.717, 1.165) is 0 Å². The first kappa shape index (κ1) is 17.9. The first-order chi connectivity index (χ1) is 9.84. The van der Waals surface area contributed by atoms with E-state index >= 15 is 0 Å². The Labute approximate surface area is 141 Å². The van der Waals surface area contributed by atoms with Crippen molar-refractivity contribution < 1.29 is 0 Å². The molecule has 0 saturated heterocycles. The summed E-state index contributed by atoms with van der Waals surface area (Å²) in [7, 11) is 0. The van der Waals surface area contributed by atoms with Crippen molar-refractivity contribution >= 4 is 29.6 Å². The number of hydrogen-bond acceptors (Lipinski definition) is 0. The van der Waals surface area contributed by atoms with Gasteiger partial charge in [0.05, 0.1) is 0 Å². The Kier molecular flexibility index (Phi) is 4.31. The fourth-order valence-electron chi connectivity index (χ4n) is 5.83. The number of benzene rings is 1. The predicted molar refractivity (Wildman–Crippen MR) is 102 cm³/mol. The Bertz CT molecular complexity index is 623. The van der Waals surface area contributed by atoms with Gasteiger partial charge in [-0.3, -0.25) is 0 Å². The molecule has 2 rings (SSSR count). The number of nitrogens with zero attached hydrogens (tertiary/aromatic N) is 1. The van der Waals surface area contributed by atoms with Crippen LogP contribution in [0.3, 0.4) is 0 Å². The molecule has 1 aromatic heterocycles. The molecule has 2 heteroatoms. The minimum atomic E-state index is -2.97. The fraction of sp³-hybridized carbons (Fsp3) is 0.600. The van der Waals surface area contributed by atoms with E-state index in [9.17, 15) is 0 Å². The Morgan fingerprint density at radius 2 is 1.14 bits per heavy atom. The molecule has 0 fully saturated rings. The van der Waals surface area contributed by atoms with E-state index in [2.05, 4.69) is 102 Å². The summed E-state index contributed by atoms with van der Waals surface area (Å²) in [5, 5.41) is 1.38. The van der Waals surface area contributed by atoms with Gasteiger partial charge in [0.2, 0.25) is 0 Å². The van der Waals surface area contributed by atoms with Crippen LogP contribution in [0, 0.1) is 0 Å². The van der Waals surface area contributed by atoms with Gasteiger partial charge in [-0.15, -0.1) is 0 Å². The van der Waals surface area contributed by atoms with E-state index in [-0.39, 0.29) is 0 Å². The van der Waals surface area contributed by atoms with E-state index in [4.69, 9.17) is 0 Å². The summed E-state index contributed by atoms with van der Waals surface area (Å²) in [6.07, 6.45) is 2.39. The van der Waals surface area contributed by atoms with Crippen molar-refractivity contribution in [1.29, 1.82) is 0 Å². The van der Waals surface area contributed by atoms with Gasteiger partial charge in [0.15, 0.2) is 0 Å². The van der Waals surface area contributed by atoms with Gasteiger partial charge in [0.1, 0.15) is 0 Å². The van der Waals surface area contributed by atoms with Crippen LogP contribution < -0.4 is 0 Å². The molecule has 0 N–H and O–H groups in total. The summed E-state index contributed by atoms with van der Waals surface area (Å²) in [5.41, 5.74) is 1.43. The molecule has 122 valence electrons. The predicted octanol–water partition coefficient (Wildman–Crippen LogP) is 6.84. The van der Waals surface area contributed by atoms with Crippen LogP contribution in [0.1, 0.15) is 62.3 Å². The summed E-state index contributed by atoms with van der Waals surface area (Å²) in [5.74, 6) is 0. The molecule has 0 spiro atoms. The summed E-state index contributed by atoms with van der Waals surface area (Å²) >= 11 is -2.97. The standard InChI is InChI=1S/C8H6N.3C4H9.Sn/c1-2-4-8-7(3-1)5-6-9-8;3*1-4(2)3;/h1-6H;3*1-3H3;/q-1;;;;+1. The van der Waals surface area contributed by atoms with Gasteiger partial charge in [0, 0.05) is 0 Å². The van der Waals surface area contributed by atoms with Crippen molar-refractivity contribution in [2.75, 3.05) is 0 Å². The van der Waals surface area contributed by atoms with Crippen molar-refractivity contribution in [1.82, 2.24) is 2.79 Å². The second-order valence-corrected chi connectivity index (χ2v) is 28.0. The second-order valence-electron chi connectivity index (χ2n) is 9.70. The van der Waals surface area contributed by atoms with Gasteiger partial charge in [-0.25, -0.2) is 0 Å². The Balaban J connectivity index is 2.97. The van der Waals surface area contributed by atoms with Crippen LogP contribution in [-0.4, -0.2) is 21.4 Å². The molecule has 0 unspecified atom stereocenters. The Hall–Kier alpha value is -0.441. The molecule has 1 nitrogen and oxygen atoms in total. The second kappa shape index (κ2) is 5.29. The van der Waals surface area contributed by atoms with E-state index in [1.807, 2.05) is 0 Å². The minimum absolute atomic E-state index is 0.326. The van der Waals surface area contributed by atoms with E-state index < -0.39 is 18.7 Å². The van der Waals surface area contributed by atoms with E-state index in [0.29, 0.717) is 10.3 Å². The van der Waals surface area contributed by atoms with E-state index in [1.165, 1.54) is 10.9 Å². The fourth-order valence-corrected chi connectivity index (χ4v) is 33.8. The molecule has 0 atom stereocenters. The third-order valence-corrected chi connectivity index (χ3v) is 27.0. The van der Waals surface area contributed by atoms with Crippen molar-refractivity contribution in [3.8, 4) is 0 Å². The zero-order valence-electron chi connectivity index (χ0n) is 15.9. The summed E-state index contributed by atoms with van der Waals surface area (Å²) in [4.78, 5) is 0. The maximum atomic E-state index is 2.77. The number of fused-ring (bicyclic) bond motifs is 1. The molecule has 0 aliphatic carbocycles. The SMILES string of the molecule is C[C](C)(C)[Sn]([n]1ccc2ccccc21)([C](C)(C)C)[C](C)(C)C. The van der Waals surface area contributed by atoms with Crippen molar-refractivity contribution in [3.05, 3.63) is 36.5 Å². The van der Waals surface area contributed by atoms with Crippen LogP contribution in [0.5, 0.6) is 0 Å². The third kappa shape index (κ3) is 2.44. The maximum absolute atomic E-state index is 2.97. The van der Waals surface area contributed by atoms with Crippen LogP contribution in [0.25, 0.3) is 10.9 Å². The molecule has 0 radical (unpaired) electrons. The van der Waals surface area contributed by atoms with Crippen LogP contribution in [0.15, 0.2) is 36.5 Å². The summed E-state index contributed by atoms with van der Waals surface area (Å²) < 4.78 is 3.75. The van der Waals surface area contributed by atoms with Crippen molar-refractivity contribution in [2.24, 2.45) is 0 Å². The topological polar surface area (TPSA) is 4.93 Å². The zero-order valence-corrected chi connectivity index (χ0v) is 18.8. The first-order valence-corrected chi connectivity index (χ1v) is 14.0. The number of para-hydroxylation sites is 1. The Morgan fingerprint density at radius 1 is 0.682 bits per heavy atom. The van der Waals surface area contributed by atoms with Gasteiger partial charge < -0.3 is 0 Å². The van der Waals surface area contributed by atoms with Crippen molar-refractivity contribution in [2.45, 2.75) is 72.6 Å². The molecule has 1 heterocycles. The molecular weight excluding hydrogens is 373 g/mol. The van der Waals surface area contributed by atoms with Crippen LogP contribution >= 0.6 is 0 Å². The molecule has 22 heavy (non-hydrogen) atoms. The molecule has 1 aromatic carbocycles. The number of rotatable bonds is 1. The third-order valence-electron chi connectivity index (χ3n) is 5.22. The normalized spacial score (nSPS) is 14.6. The van der Waals surface area contributed by atoms with Crippen LogP contribution in [0.2, 0.25) is 10.3 Å². The number of aromatic nitrogens is 1. The molecule has 0 aliphatic heterocycles. The van der Waals surface area contributed by atoms with Crippen LogP contribution in [0.4, 0.5) is 0 Å². The quantitative estimate of drug-likeness (QED) is 0.458. The van der Waals surface area contributed by atoms with Crippen LogP contribution in [-0.2, 0) is 0 Å². The van der Waals surface area contributed by atoms with Gasteiger partial charge in [0.25, 0.3) is 0 Å². The van der Waals surface area contributed by atoms with Gasteiger partial charge >= 0.3 is 141 Å². The first-order valence-electron chi connectivity index (χ1n) is 8.40. The molecular formula is C20H33NSn. The van der Waals surface area contributed by atoms with Crippen molar-refractivity contribution in [3.63, 3.8) is 0 Å².